The number of fused-ring (bicyclic) bond motifs is 1. The van der Waals surface area contributed by atoms with Gasteiger partial charge in [0.2, 0.25) is 0 Å². The van der Waals surface area contributed by atoms with Crippen molar-refractivity contribution in [3.63, 3.8) is 0 Å². The van der Waals surface area contributed by atoms with Crippen molar-refractivity contribution in [2.75, 3.05) is 0 Å². The molecule has 18 heavy (non-hydrogen) atoms. The van der Waals surface area contributed by atoms with Crippen LogP contribution in [-0.4, -0.2) is 20.5 Å². The second-order valence-corrected chi connectivity index (χ2v) is 6.64. The highest BCUT2D eigenvalue weighted by Crippen LogP contribution is 2.39. The molecule has 0 amide bonds. The highest BCUT2D eigenvalue weighted by Gasteiger charge is 2.34. The Balaban J connectivity index is 2.05. The van der Waals surface area contributed by atoms with Crippen LogP contribution in [0.4, 0.5) is 0 Å². The van der Waals surface area contributed by atoms with Crippen molar-refractivity contribution in [2.45, 2.75) is 26.7 Å². The monoisotopic (exact) mass is 261 g/mol. The Bertz CT molecular complexity index is 624. The summed E-state index contributed by atoms with van der Waals surface area (Å²) in [6.45, 7) is 4.24. The average molecular weight is 261 g/mol. The van der Waals surface area contributed by atoms with Crippen molar-refractivity contribution in [2.24, 2.45) is 12.5 Å². The lowest BCUT2D eigenvalue weighted by Gasteiger charge is -2.26. The number of rotatable bonds is 1. The van der Waals surface area contributed by atoms with Gasteiger partial charge in [-0.25, -0.2) is 4.98 Å². The van der Waals surface area contributed by atoms with Gasteiger partial charge in [0.15, 0.2) is 5.78 Å². The van der Waals surface area contributed by atoms with Crippen molar-refractivity contribution in [3.05, 3.63) is 23.0 Å². The summed E-state index contributed by atoms with van der Waals surface area (Å²) in [4.78, 5) is 17.6. The van der Waals surface area contributed by atoms with E-state index in [1.165, 1.54) is 11.3 Å². The highest BCUT2D eigenvalue weighted by molar-refractivity contribution is 7.17. The zero-order chi connectivity index (χ0) is 12.9. The smallest absolute Gasteiger partial charge is 0.175 e. The Labute approximate surface area is 110 Å². The molecule has 0 bridgehead atoms. The number of hydrogen-bond donors (Lipinski definition) is 0. The van der Waals surface area contributed by atoms with E-state index in [0.717, 1.165) is 27.6 Å². The van der Waals surface area contributed by atoms with Gasteiger partial charge in [-0.1, -0.05) is 13.8 Å². The van der Waals surface area contributed by atoms with Crippen LogP contribution >= 0.6 is 11.3 Å². The van der Waals surface area contributed by atoms with E-state index in [4.69, 9.17) is 0 Å². The summed E-state index contributed by atoms with van der Waals surface area (Å²) >= 11 is 1.50. The van der Waals surface area contributed by atoms with Crippen LogP contribution in [0, 0.1) is 5.41 Å². The lowest BCUT2D eigenvalue weighted by Crippen LogP contribution is -2.25. The molecule has 2 heterocycles. The van der Waals surface area contributed by atoms with Crippen molar-refractivity contribution in [3.8, 4) is 10.6 Å². The number of carbonyl (C=O) groups excluding carboxylic acids is 1. The molecule has 0 atom stereocenters. The van der Waals surface area contributed by atoms with Gasteiger partial charge in [-0.3, -0.25) is 9.48 Å². The molecule has 0 radical (unpaired) electrons. The predicted molar refractivity (Wildman–Crippen MR) is 70.7 cm³/mol. The number of aryl methyl sites for hydroxylation is 1. The third kappa shape index (κ3) is 1.88. The summed E-state index contributed by atoms with van der Waals surface area (Å²) in [5, 5.41) is 5.05. The van der Waals surface area contributed by atoms with E-state index in [0.29, 0.717) is 6.42 Å². The van der Waals surface area contributed by atoms with Crippen LogP contribution in [0.15, 0.2) is 12.4 Å². The van der Waals surface area contributed by atoms with E-state index in [1.807, 2.05) is 13.2 Å². The molecular weight excluding hydrogens is 246 g/mol. The lowest BCUT2D eigenvalue weighted by molar-refractivity contribution is 0.0916. The average Bonchev–Trinajstić information content (AvgIpc) is 2.82. The Morgan fingerprint density at radius 3 is 2.83 bits per heavy atom. The molecule has 0 saturated heterocycles. The Hall–Kier alpha value is -1.49. The van der Waals surface area contributed by atoms with Crippen LogP contribution in [0.3, 0.4) is 0 Å². The number of aromatic nitrogens is 3. The van der Waals surface area contributed by atoms with E-state index < -0.39 is 0 Å². The van der Waals surface area contributed by atoms with Gasteiger partial charge in [0, 0.05) is 25.2 Å². The second kappa shape index (κ2) is 3.75. The van der Waals surface area contributed by atoms with Gasteiger partial charge in [0.25, 0.3) is 0 Å². The summed E-state index contributed by atoms with van der Waals surface area (Å²) in [6, 6.07) is 0. The molecule has 94 valence electrons. The van der Waals surface area contributed by atoms with Crippen molar-refractivity contribution >= 4 is 17.1 Å². The molecule has 2 aromatic heterocycles. The van der Waals surface area contributed by atoms with Gasteiger partial charge < -0.3 is 0 Å². The summed E-state index contributed by atoms with van der Waals surface area (Å²) in [5.41, 5.74) is 1.98. The third-order valence-corrected chi connectivity index (χ3v) is 4.38. The van der Waals surface area contributed by atoms with Gasteiger partial charge in [-0.2, -0.15) is 5.10 Å². The fraction of sp³-hybridized carbons (Fsp3) is 0.462. The summed E-state index contributed by atoms with van der Waals surface area (Å²) in [7, 11) is 1.88. The van der Waals surface area contributed by atoms with Crippen LogP contribution in [0.25, 0.3) is 10.6 Å². The normalized spacial score (nSPS) is 17.8. The van der Waals surface area contributed by atoms with Crippen molar-refractivity contribution in [1.29, 1.82) is 0 Å². The Morgan fingerprint density at radius 1 is 1.39 bits per heavy atom. The zero-order valence-electron chi connectivity index (χ0n) is 10.7. The summed E-state index contributed by atoms with van der Waals surface area (Å²) < 4.78 is 1.75. The molecule has 2 aromatic rings. The van der Waals surface area contributed by atoms with E-state index in [1.54, 1.807) is 10.9 Å². The van der Waals surface area contributed by atoms with Gasteiger partial charge in [-0.15, -0.1) is 11.3 Å². The minimum Gasteiger partial charge on any atom is -0.293 e. The van der Waals surface area contributed by atoms with E-state index >= 15 is 0 Å². The molecule has 0 saturated carbocycles. The first-order chi connectivity index (χ1) is 8.44. The predicted octanol–water partition coefficient (Wildman–Crippen LogP) is 2.70. The summed E-state index contributed by atoms with van der Waals surface area (Å²) in [5.74, 6) is 0.230. The number of ketones is 1. The number of thiazole rings is 1. The minimum atomic E-state index is 0.0321. The first-order valence-electron chi connectivity index (χ1n) is 5.96. The Morgan fingerprint density at radius 2 is 2.17 bits per heavy atom. The molecule has 0 aliphatic heterocycles. The lowest BCUT2D eigenvalue weighted by atomic mass is 9.78. The molecule has 4 nitrogen and oxygen atoms in total. The number of Topliss-reactive ketones (excluding diaryl/α,β-unsaturated/α-hetero) is 1. The maximum Gasteiger partial charge on any atom is 0.175 e. The molecule has 0 aromatic carbocycles. The molecule has 3 rings (SSSR count). The fourth-order valence-electron chi connectivity index (χ4n) is 2.38. The maximum atomic E-state index is 12.1. The Kier molecular flexibility index (Phi) is 2.41. The molecule has 0 fully saturated rings. The van der Waals surface area contributed by atoms with Crippen LogP contribution in [0.5, 0.6) is 0 Å². The van der Waals surface area contributed by atoms with Gasteiger partial charge in [0.1, 0.15) is 5.01 Å². The first kappa shape index (κ1) is 11.6. The SMILES string of the molecule is Cn1cc(-c2nc3c(s2)C(=O)CC(C)(C)C3)cn1. The number of hydrogen-bond acceptors (Lipinski definition) is 4. The number of carbonyl (C=O) groups is 1. The second-order valence-electron chi connectivity index (χ2n) is 5.64. The summed E-state index contributed by atoms with van der Waals surface area (Å²) in [6.07, 6.45) is 5.22. The zero-order valence-corrected chi connectivity index (χ0v) is 11.5. The highest BCUT2D eigenvalue weighted by atomic mass is 32.1. The van der Waals surface area contributed by atoms with E-state index in [-0.39, 0.29) is 11.2 Å². The fourth-order valence-corrected chi connectivity index (χ4v) is 3.37. The molecule has 0 unspecified atom stereocenters. The van der Waals surface area contributed by atoms with Crippen molar-refractivity contribution < 1.29 is 4.79 Å². The first-order valence-corrected chi connectivity index (χ1v) is 6.78. The van der Waals surface area contributed by atoms with Gasteiger partial charge >= 0.3 is 0 Å². The van der Waals surface area contributed by atoms with E-state index in [2.05, 4.69) is 23.9 Å². The van der Waals surface area contributed by atoms with Crippen molar-refractivity contribution in [1.82, 2.24) is 14.8 Å². The van der Waals surface area contributed by atoms with Crippen LogP contribution in [0.2, 0.25) is 0 Å². The molecule has 1 aliphatic rings. The third-order valence-electron chi connectivity index (χ3n) is 3.19. The topological polar surface area (TPSA) is 47.8 Å². The molecule has 1 aliphatic carbocycles. The molecular formula is C13H15N3OS. The van der Waals surface area contributed by atoms with Crippen LogP contribution < -0.4 is 0 Å². The van der Waals surface area contributed by atoms with Gasteiger partial charge in [-0.05, 0) is 11.8 Å². The largest absolute Gasteiger partial charge is 0.293 e. The number of nitrogens with zero attached hydrogens (tertiary/aromatic N) is 3. The van der Waals surface area contributed by atoms with E-state index in [9.17, 15) is 4.79 Å². The maximum absolute atomic E-state index is 12.1. The molecule has 0 spiro atoms. The quantitative estimate of drug-likeness (QED) is 0.793. The van der Waals surface area contributed by atoms with Crippen LogP contribution in [-0.2, 0) is 13.5 Å². The minimum absolute atomic E-state index is 0.0321. The van der Waals surface area contributed by atoms with Crippen LogP contribution in [0.1, 0.15) is 35.6 Å². The molecule has 5 heteroatoms. The molecule has 0 N–H and O–H groups in total. The standard InChI is InChI=1S/C13H15N3OS/c1-13(2)4-9-11(10(17)5-13)18-12(15-9)8-6-14-16(3)7-8/h6-7H,4-5H2,1-3H3. The van der Waals surface area contributed by atoms with Gasteiger partial charge in [0.05, 0.1) is 16.8 Å².